The number of methoxy groups -OCH3 is 2. The summed E-state index contributed by atoms with van der Waals surface area (Å²) in [7, 11) is 0.291. The first kappa shape index (κ1) is 22.4. The van der Waals surface area contributed by atoms with Gasteiger partial charge in [0.2, 0.25) is 5.75 Å². The lowest BCUT2D eigenvalue weighted by atomic mass is 10.0. The Morgan fingerprint density at radius 3 is 2.68 bits per heavy atom. The second kappa shape index (κ2) is 9.66. The van der Waals surface area contributed by atoms with Crippen molar-refractivity contribution in [2.45, 2.75) is 13.3 Å². The zero-order chi connectivity index (χ0) is 22.5. The fourth-order valence-electron chi connectivity index (χ4n) is 3.51. The maximum absolute atomic E-state index is 13.4. The first-order chi connectivity index (χ1) is 14.9. The average molecular weight is 427 g/mol. The second-order valence-corrected chi connectivity index (χ2v) is 6.92. The van der Waals surface area contributed by atoms with Gasteiger partial charge in [-0.2, -0.15) is 0 Å². The summed E-state index contributed by atoms with van der Waals surface area (Å²) in [5.41, 5.74) is 9.68. The number of allylic oxidation sites excluding steroid dienone is 3. The number of benzene rings is 1. The van der Waals surface area contributed by atoms with Gasteiger partial charge in [0.25, 0.3) is 0 Å². The molecule has 0 bridgehead atoms. The van der Waals surface area contributed by atoms with Crippen molar-refractivity contribution < 1.29 is 23.2 Å². The minimum Gasteiger partial charge on any atom is -0.504 e. The second-order valence-electron chi connectivity index (χ2n) is 6.92. The molecule has 0 atom stereocenters. The van der Waals surface area contributed by atoms with Gasteiger partial charge >= 0.3 is 7.40 Å². The van der Waals surface area contributed by atoms with Crippen molar-refractivity contribution >= 4 is 24.8 Å². The Morgan fingerprint density at radius 2 is 2.03 bits per heavy atom. The Balaban J connectivity index is 1.98. The normalized spacial score (nSPS) is 15.2. The third-order valence-electron chi connectivity index (χ3n) is 4.89. The lowest BCUT2D eigenvalue weighted by Crippen LogP contribution is -2.16. The molecule has 6 nitrogen and oxygen atoms in total. The number of hydrogen-bond donors (Lipinski definition) is 2. The monoisotopic (exact) mass is 427 g/mol. The molecular weight excluding hydrogens is 403 g/mol. The standard InChI is InChI=1S/C22H24BF2N3O3/c1-14-11-16(7-6-15-12-19(29)22(31-3)20(13-15)30-2)27-21(14)17(8-9-26)18-5-4-10-28(18)23(24)25/h4-7,10-13,29H,8-9,26H2,1-3H3/b7-6+,21-17-. The molecule has 2 heterocycles. The van der Waals surface area contributed by atoms with Crippen LogP contribution in [0, 0.1) is 0 Å². The van der Waals surface area contributed by atoms with E-state index in [1.807, 2.05) is 13.0 Å². The highest BCUT2D eigenvalue weighted by Crippen LogP contribution is 2.38. The van der Waals surface area contributed by atoms with Crippen LogP contribution < -0.4 is 15.2 Å². The van der Waals surface area contributed by atoms with E-state index in [2.05, 4.69) is 4.99 Å². The number of hydrogen-bond acceptors (Lipinski definition) is 5. The highest BCUT2D eigenvalue weighted by Gasteiger charge is 2.24. The zero-order valence-electron chi connectivity index (χ0n) is 17.6. The molecule has 3 N–H and O–H groups in total. The molecule has 1 aliphatic heterocycles. The van der Waals surface area contributed by atoms with Crippen LogP contribution in [0.2, 0.25) is 0 Å². The number of rotatable bonds is 8. The molecule has 1 aromatic heterocycles. The molecule has 3 rings (SSSR count). The molecule has 0 spiro atoms. The third kappa shape index (κ3) is 4.72. The van der Waals surface area contributed by atoms with Crippen LogP contribution in [-0.2, 0) is 0 Å². The number of ether oxygens (including phenoxy) is 2. The minimum absolute atomic E-state index is 0.0415. The van der Waals surface area contributed by atoms with Gasteiger partial charge in [-0.1, -0.05) is 6.08 Å². The molecule has 0 unspecified atom stereocenters. The number of aromatic nitrogens is 1. The summed E-state index contributed by atoms with van der Waals surface area (Å²) in [5.74, 6) is 0.619. The summed E-state index contributed by atoms with van der Waals surface area (Å²) < 4.78 is 38.1. The number of nitrogens with zero attached hydrogens (tertiary/aromatic N) is 2. The van der Waals surface area contributed by atoms with Crippen molar-refractivity contribution in [1.82, 2.24) is 4.48 Å². The van der Waals surface area contributed by atoms with E-state index in [-0.39, 0.29) is 11.5 Å². The van der Waals surface area contributed by atoms with Crippen LogP contribution in [0.5, 0.6) is 17.2 Å². The first-order valence-electron chi connectivity index (χ1n) is 9.68. The van der Waals surface area contributed by atoms with Gasteiger partial charge in [0.15, 0.2) is 11.5 Å². The number of aliphatic imine (C=N–C) groups is 1. The molecule has 0 radical (unpaired) electrons. The predicted octanol–water partition coefficient (Wildman–Crippen LogP) is 4.16. The van der Waals surface area contributed by atoms with Gasteiger partial charge in [-0.3, -0.25) is 8.63 Å². The molecular formula is C22H24BF2N3O3. The fourth-order valence-corrected chi connectivity index (χ4v) is 3.51. The quantitative estimate of drug-likeness (QED) is 0.620. The van der Waals surface area contributed by atoms with E-state index in [0.717, 1.165) is 10.1 Å². The van der Waals surface area contributed by atoms with Crippen LogP contribution in [0.4, 0.5) is 8.63 Å². The van der Waals surface area contributed by atoms with Gasteiger partial charge in [0.05, 0.1) is 25.6 Å². The molecule has 2 aromatic rings. The van der Waals surface area contributed by atoms with E-state index in [0.29, 0.717) is 47.0 Å². The summed E-state index contributed by atoms with van der Waals surface area (Å²) >= 11 is 0. The van der Waals surface area contributed by atoms with Gasteiger partial charge in [-0.15, -0.1) is 0 Å². The molecule has 0 aliphatic carbocycles. The maximum atomic E-state index is 13.4. The Kier molecular flexibility index (Phi) is 6.97. The Morgan fingerprint density at radius 1 is 1.26 bits per heavy atom. The molecule has 31 heavy (non-hydrogen) atoms. The average Bonchev–Trinajstić information content (AvgIpc) is 3.37. The summed E-state index contributed by atoms with van der Waals surface area (Å²) in [6, 6.07) is 6.51. The summed E-state index contributed by atoms with van der Waals surface area (Å²) in [6.07, 6.45) is 7.19. The lowest BCUT2D eigenvalue weighted by Gasteiger charge is -2.12. The highest BCUT2D eigenvalue weighted by atomic mass is 19.2. The number of phenolic OH excluding ortho intramolecular Hbond substituents is 1. The number of phenols is 1. The predicted molar refractivity (Wildman–Crippen MR) is 120 cm³/mol. The van der Waals surface area contributed by atoms with Gasteiger partial charge in [-0.25, -0.2) is 4.99 Å². The smallest absolute Gasteiger partial charge is 0.504 e. The largest absolute Gasteiger partial charge is 0.677 e. The van der Waals surface area contributed by atoms with E-state index in [4.69, 9.17) is 15.2 Å². The van der Waals surface area contributed by atoms with Crippen LogP contribution in [0.3, 0.4) is 0 Å². The lowest BCUT2D eigenvalue weighted by molar-refractivity contribution is 0.333. The molecule has 162 valence electrons. The van der Waals surface area contributed by atoms with Crippen molar-refractivity contribution in [3.05, 3.63) is 65.1 Å². The van der Waals surface area contributed by atoms with Crippen LogP contribution in [0.15, 0.2) is 58.9 Å². The van der Waals surface area contributed by atoms with Gasteiger partial charge in [0.1, 0.15) is 0 Å². The number of halogens is 2. The van der Waals surface area contributed by atoms with Crippen molar-refractivity contribution in [3.63, 3.8) is 0 Å². The number of nitrogens with two attached hydrogens (primary N) is 1. The Hall–Kier alpha value is -3.33. The zero-order valence-corrected chi connectivity index (χ0v) is 17.6. The maximum Gasteiger partial charge on any atom is 0.677 e. The van der Waals surface area contributed by atoms with Crippen LogP contribution >= 0.6 is 0 Å². The van der Waals surface area contributed by atoms with E-state index >= 15 is 0 Å². The Bertz CT molecular complexity index is 1090. The van der Waals surface area contributed by atoms with E-state index < -0.39 is 7.40 Å². The van der Waals surface area contributed by atoms with Crippen molar-refractivity contribution in [3.8, 4) is 17.2 Å². The van der Waals surface area contributed by atoms with Crippen LogP contribution in [0.1, 0.15) is 24.6 Å². The van der Waals surface area contributed by atoms with Crippen molar-refractivity contribution in [2.24, 2.45) is 10.7 Å². The van der Waals surface area contributed by atoms with E-state index in [1.54, 1.807) is 36.4 Å². The molecule has 9 heteroatoms. The SMILES string of the molecule is COc1cc(/C=C/C2=NC(=C(/CCN)c3cccn3B(F)F)/C(C)=C2)cc(O)c1OC. The van der Waals surface area contributed by atoms with Crippen LogP contribution in [0.25, 0.3) is 11.6 Å². The highest BCUT2D eigenvalue weighted by molar-refractivity contribution is 6.41. The van der Waals surface area contributed by atoms with Gasteiger partial charge in [0, 0.05) is 11.3 Å². The van der Waals surface area contributed by atoms with Gasteiger partial charge in [-0.05, 0) is 73.6 Å². The first-order valence-corrected chi connectivity index (χ1v) is 9.68. The molecule has 0 fully saturated rings. The molecule has 0 amide bonds. The Labute approximate surface area is 180 Å². The molecule has 0 saturated carbocycles. The van der Waals surface area contributed by atoms with Crippen molar-refractivity contribution in [2.75, 3.05) is 20.8 Å². The van der Waals surface area contributed by atoms with Crippen LogP contribution in [-0.4, -0.2) is 43.5 Å². The molecule has 1 aromatic carbocycles. The minimum atomic E-state index is -2.65. The summed E-state index contributed by atoms with van der Waals surface area (Å²) in [5, 5.41) is 10.1. The topological polar surface area (TPSA) is 82.0 Å². The fraction of sp³-hybridized carbons (Fsp3) is 0.227. The van der Waals surface area contributed by atoms with E-state index in [9.17, 15) is 13.7 Å². The molecule has 0 saturated heterocycles. The third-order valence-corrected chi connectivity index (χ3v) is 4.89. The summed E-state index contributed by atoms with van der Waals surface area (Å²) in [4.78, 5) is 4.64. The number of aromatic hydroxyl groups is 1. The molecule has 1 aliphatic rings. The van der Waals surface area contributed by atoms with Gasteiger partial charge < -0.3 is 24.8 Å². The van der Waals surface area contributed by atoms with E-state index in [1.165, 1.54) is 20.4 Å². The van der Waals surface area contributed by atoms with Crippen molar-refractivity contribution in [1.29, 1.82) is 0 Å². The summed E-state index contributed by atoms with van der Waals surface area (Å²) in [6.45, 7) is 2.19.